The topological polar surface area (TPSA) is 14.1 Å². The van der Waals surface area contributed by atoms with Crippen molar-refractivity contribution >= 4 is 0 Å². The second-order valence-electron chi connectivity index (χ2n) is 2.78. The molecule has 0 amide bonds. The van der Waals surface area contributed by atoms with Gasteiger partial charge in [-0.15, -0.1) is 0 Å². The van der Waals surface area contributed by atoms with E-state index in [0.29, 0.717) is 0 Å². The van der Waals surface area contributed by atoms with Gasteiger partial charge in [0.1, 0.15) is 0 Å². The van der Waals surface area contributed by atoms with Crippen LogP contribution in [0.4, 0.5) is 0 Å². The summed E-state index contributed by atoms with van der Waals surface area (Å²) in [7, 11) is 0. The van der Waals surface area contributed by atoms with Crippen molar-refractivity contribution in [1.29, 1.82) is 0 Å². The second-order valence-corrected chi connectivity index (χ2v) is 2.78. The number of hydrogen-bond acceptors (Lipinski definition) is 0. The van der Waals surface area contributed by atoms with Gasteiger partial charge in [-0.3, -0.25) is 0 Å². The standard InChI is InChI=1S/2C5H5.C4H10N.ClH.Ti/c2*1-2-4-5-3-1;1-3-5-4-2;;/h2*1-5H;3-4H2,1-2H3;1H;/q3*-1;;+4/p-1. The van der Waals surface area contributed by atoms with Crippen molar-refractivity contribution in [2.45, 2.75) is 13.8 Å². The summed E-state index contributed by atoms with van der Waals surface area (Å²) >= 11 is 0. The third kappa shape index (κ3) is 21.5. The SMILES string of the molecule is CC[N-]CC.[Cl-].[Ti+4].c1cc[cH-]c1.c1cc[cH-]c1. The fraction of sp³-hybridized carbons (Fsp3) is 0.286. The maximum Gasteiger partial charge on any atom is 4.00 e. The monoisotopic (exact) mass is 285 g/mol. The van der Waals surface area contributed by atoms with Gasteiger partial charge in [0.25, 0.3) is 0 Å². The molecular formula is C14H20ClNTi. The van der Waals surface area contributed by atoms with Crippen LogP contribution in [0.3, 0.4) is 0 Å². The Morgan fingerprint density at radius 3 is 1.12 bits per heavy atom. The summed E-state index contributed by atoms with van der Waals surface area (Å²) in [6.07, 6.45) is 0. The average molecular weight is 286 g/mol. The first-order valence-electron chi connectivity index (χ1n) is 5.38. The Morgan fingerprint density at radius 1 is 0.765 bits per heavy atom. The van der Waals surface area contributed by atoms with Crippen LogP contribution in [0.15, 0.2) is 60.7 Å². The molecule has 0 aliphatic rings. The molecule has 0 atom stereocenters. The molecule has 0 radical (unpaired) electrons. The van der Waals surface area contributed by atoms with Gasteiger partial charge in [-0.1, -0.05) is 13.8 Å². The van der Waals surface area contributed by atoms with E-state index in [0.717, 1.165) is 13.1 Å². The Balaban J connectivity index is -0.000000163. The minimum absolute atomic E-state index is 0. The Labute approximate surface area is 127 Å². The van der Waals surface area contributed by atoms with Crippen LogP contribution in [-0.4, -0.2) is 13.1 Å². The van der Waals surface area contributed by atoms with Gasteiger partial charge in [-0.2, -0.15) is 49.5 Å². The van der Waals surface area contributed by atoms with Gasteiger partial charge in [-0.25, -0.2) is 24.3 Å². The molecule has 0 unspecified atom stereocenters. The van der Waals surface area contributed by atoms with Crippen LogP contribution in [-0.2, 0) is 21.7 Å². The molecule has 0 bridgehead atoms. The molecule has 0 saturated heterocycles. The normalized spacial score (nSPS) is 7.18. The first-order valence-corrected chi connectivity index (χ1v) is 5.38. The molecule has 0 aliphatic heterocycles. The summed E-state index contributed by atoms with van der Waals surface area (Å²) in [5.41, 5.74) is 0. The molecule has 2 aromatic rings. The van der Waals surface area contributed by atoms with Gasteiger partial charge in [0, 0.05) is 0 Å². The third-order valence-corrected chi connectivity index (χ3v) is 1.56. The Kier molecular flexibility index (Phi) is 27.1. The molecule has 0 heterocycles. The number of nitrogens with zero attached hydrogens (tertiary/aromatic N) is 1. The van der Waals surface area contributed by atoms with E-state index in [9.17, 15) is 0 Å². The fourth-order valence-corrected chi connectivity index (χ4v) is 0.865. The summed E-state index contributed by atoms with van der Waals surface area (Å²) in [6.45, 7) is 6.03. The van der Waals surface area contributed by atoms with Crippen molar-refractivity contribution < 1.29 is 34.1 Å². The molecule has 3 heteroatoms. The molecule has 0 saturated carbocycles. The van der Waals surface area contributed by atoms with Crippen molar-refractivity contribution in [2.75, 3.05) is 13.1 Å². The molecule has 0 N–H and O–H groups in total. The van der Waals surface area contributed by atoms with Crippen molar-refractivity contribution in [3.05, 3.63) is 66.0 Å². The Morgan fingerprint density at radius 2 is 1.06 bits per heavy atom. The molecule has 0 spiro atoms. The van der Waals surface area contributed by atoms with Crippen LogP contribution in [0, 0.1) is 0 Å². The summed E-state index contributed by atoms with van der Waals surface area (Å²) < 4.78 is 0. The molecule has 92 valence electrons. The van der Waals surface area contributed by atoms with Gasteiger partial charge in [0.15, 0.2) is 0 Å². The van der Waals surface area contributed by atoms with E-state index < -0.39 is 0 Å². The minimum Gasteiger partial charge on any atom is -1.00 e. The smallest absolute Gasteiger partial charge is 1.00 e. The van der Waals surface area contributed by atoms with Crippen molar-refractivity contribution in [1.82, 2.24) is 0 Å². The molecule has 17 heavy (non-hydrogen) atoms. The first kappa shape index (κ1) is 21.9. The molecule has 0 aromatic heterocycles. The number of rotatable bonds is 2. The van der Waals surface area contributed by atoms with Gasteiger partial charge in [0.2, 0.25) is 0 Å². The van der Waals surface area contributed by atoms with Crippen molar-refractivity contribution in [3.63, 3.8) is 0 Å². The molecule has 1 nitrogen and oxygen atoms in total. The van der Waals surface area contributed by atoms with Crippen molar-refractivity contribution in [3.8, 4) is 0 Å². The van der Waals surface area contributed by atoms with E-state index in [-0.39, 0.29) is 34.1 Å². The van der Waals surface area contributed by atoms with E-state index in [2.05, 4.69) is 5.32 Å². The van der Waals surface area contributed by atoms with E-state index in [1.54, 1.807) is 0 Å². The largest absolute Gasteiger partial charge is 4.00 e. The predicted octanol–water partition coefficient (Wildman–Crippen LogP) is 1.21. The predicted molar refractivity (Wildman–Crippen MR) is 68.5 cm³/mol. The van der Waals surface area contributed by atoms with Gasteiger partial charge in [0.05, 0.1) is 0 Å². The fourth-order valence-electron chi connectivity index (χ4n) is 0.865. The van der Waals surface area contributed by atoms with Crippen LogP contribution in [0.5, 0.6) is 0 Å². The second kappa shape index (κ2) is 21.0. The summed E-state index contributed by atoms with van der Waals surface area (Å²) in [4.78, 5) is 0. The van der Waals surface area contributed by atoms with Gasteiger partial charge in [-0.05, 0) is 0 Å². The minimum atomic E-state index is 0. The zero-order chi connectivity index (χ0) is 11.2. The molecule has 2 rings (SSSR count). The van der Waals surface area contributed by atoms with E-state index in [1.165, 1.54) is 0 Å². The average Bonchev–Trinajstić information content (AvgIpc) is 2.99. The van der Waals surface area contributed by atoms with Gasteiger partial charge >= 0.3 is 21.7 Å². The summed E-state index contributed by atoms with van der Waals surface area (Å²) in [5, 5.41) is 3.97. The first-order chi connectivity index (χ1) is 7.41. The molecule has 2 aromatic carbocycles. The zero-order valence-electron chi connectivity index (χ0n) is 10.5. The molecular weight excluding hydrogens is 265 g/mol. The van der Waals surface area contributed by atoms with E-state index in [1.807, 2.05) is 74.5 Å². The quantitative estimate of drug-likeness (QED) is 0.582. The van der Waals surface area contributed by atoms with Gasteiger partial charge < -0.3 is 17.7 Å². The molecule has 0 fully saturated rings. The van der Waals surface area contributed by atoms with E-state index >= 15 is 0 Å². The van der Waals surface area contributed by atoms with Crippen molar-refractivity contribution in [2.24, 2.45) is 0 Å². The Bertz CT molecular complexity index is 191. The molecule has 0 aliphatic carbocycles. The van der Waals surface area contributed by atoms with Crippen LogP contribution in [0.1, 0.15) is 13.8 Å². The van der Waals surface area contributed by atoms with Crippen LogP contribution in [0.25, 0.3) is 5.32 Å². The summed E-state index contributed by atoms with van der Waals surface area (Å²) in [6, 6.07) is 20.0. The number of hydrogen-bond donors (Lipinski definition) is 0. The third-order valence-electron chi connectivity index (χ3n) is 1.56. The van der Waals surface area contributed by atoms with Crippen LogP contribution < -0.4 is 12.4 Å². The van der Waals surface area contributed by atoms with Crippen LogP contribution in [0.2, 0.25) is 0 Å². The van der Waals surface area contributed by atoms with E-state index in [4.69, 9.17) is 0 Å². The zero-order valence-corrected chi connectivity index (χ0v) is 12.8. The maximum absolute atomic E-state index is 3.97. The summed E-state index contributed by atoms with van der Waals surface area (Å²) in [5.74, 6) is 0. The van der Waals surface area contributed by atoms with Crippen LogP contribution >= 0.6 is 0 Å². The maximum atomic E-state index is 3.97. The number of halogens is 1. The Hall–Kier alpha value is -0.336.